The number of rotatable bonds is 3. The monoisotopic (exact) mass is 404 g/mol. The second-order valence-electron chi connectivity index (χ2n) is 5.56. The van der Waals surface area contributed by atoms with E-state index in [0.717, 1.165) is 0 Å². The van der Waals surface area contributed by atoms with Crippen LogP contribution < -0.4 is 15.6 Å². The predicted octanol–water partition coefficient (Wildman–Crippen LogP) is 4.26. The highest BCUT2D eigenvalue weighted by molar-refractivity contribution is 6.36. The maximum Gasteiger partial charge on any atom is 0.263 e. The molecular weight excluding hydrogens is 391 g/mol. The molecule has 1 N–H and O–H groups in total. The SMILES string of the molecule is COc1cccc2cc(C(=O)NC(C)=O)c(=Nc3ccc(Cl)cc3Cl)oc12. The maximum atomic E-state index is 12.5. The van der Waals surface area contributed by atoms with Gasteiger partial charge in [-0.05, 0) is 30.3 Å². The first-order chi connectivity index (χ1) is 12.9. The van der Waals surface area contributed by atoms with E-state index in [1.165, 1.54) is 20.1 Å². The van der Waals surface area contributed by atoms with E-state index in [9.17, 15) is 9.59 Å². The summed E-state index contributed by atoms with van der Waals surface area (Å²) in [7, 11) is 1.51. The minimum absolute atomic E-state index is 0.0185. The Kier molecular flexibility index (Phi) is 5.48. The Bertz CT molecular complexity index is 1120. The molecule has 3 aromatic rings. The molecule has 0 radical (unpaired) electrons. The van der Waals surface area contributed by atoms with Crippen molar-refractivity contribution in [1.82, 2.24) is 5.32 Å². The molecule has 0 spiro atoms. The number of carbonyl (C=O) groups excluding carboxylic acids is 2. The lowest BCUT2D eigenvalue weighted by molar-refractivity contribution is -0.118. The number of fused-ring (bicyclic) bond motifs is 1. The molecule has 8 heteroatoms. The smallest absolute Gasteiger partial charge is 0.263 e. The highest BCUT2D eigenvalue weighted by Crippen LogP contribution is 2.28. The van der Waals surface area contributed by atoms with Gasteiger partial charge in [0.15, 0.2) is 11.3 Å². The van der Waals surface area contributed by atoms with Crippen LogP contribution in [0.4, 0.5) is 5.69 Å². The number of benzene rings is 2. The third-order valence-electron chi connectivity index (χ3n) is 3.62. The van der Waals surface area contributed by atoms with Gasteiger partial charge in [-0.15, -0.1) is 0 Å². The Balaban J connectivity index is 2.31. The van der Waals surface area contributed by atoms with Gasteiger partial charge in [0.05, 0.1) is 17.8 Å². The van der Waals surface area contributed by atoms with Crippen molar-refractivity contribution in [3.05, 3.63) is 63.6 Å². The van der Waals surface area contributed by atoms with Gasteiger partial charge in [0.25, 0.3) is 5.91 Å². The number of hydrogen-bond acceptors (Lipinski definition) is 5. The third-order valence-corrected chi connectivity index (χ3v) is 4.16. The summed E-state index contributed by atoms with van der Waals surface area (Å²) in [6.45, 7) is 1.24. The summed E-state index contributed by atoms with van der Waals surface area (Å²) in [4.78, 5) is 28.1. The van der Waals surface area contributed by atoms with Crippen LogP contribution in [0.2, 0.25) is 10.0 Å². The van der Waals surface area contributed by atoms with Crippen LogP contribution in [0.15, 0.2) is 51.9 Å². The van der Waals surface area contributed by atoms with Gasteiger partial charge in [-0.3, -0.25) is 14.9 Å². The van der Waals surface area contributed by atoms with Crippen molar-refractivity contribution in [1.29, 1.82) is 0 Å². The topological polar surface area (TPSA) is 80.9 Å². The largest absolute Gasteiger partial charge is 0.493 e. The molecule has 27 heavy (non-hydrogen) atoms. The molecule has 3 rings (SSSR count). The number of halogens is 2. The summed E-state index contributed by atoms with van der Waals surface area (Å²) >= 11 is 12.1. The van der Waals surface area contributed by atoms with Crippen molar-refractivity contribution in [2.45, 2.75) is 6.92 Å². The van der Waals surface area contributed by atoms with Crippen molar-refractivity contribution < 1.29 is 18.7 Å². The van der Waals surface area contributed by atoms with Crippen LogP contribution in [0, 0.1) is 0 Å². The molecule has 2 amide bonds. The highest BCUT2D eigenvalue weighted by Gasteiger charge is 2.16. The van der Waals surface area contributed by atoms with Crippen molar-refractivity contribution in [3.63, 3.8) is 0 Å². The van der Waals surface area contributed by atoms with Crippen LogP contribution >= 0.6 is 23.2 Å². The average Bonchev–Trinajstić information content (AvgIpc) is 2.62. The minimum Gasteiger partial charge on any atom is -0.493 e. The third kappa shape index (κ3) is 4.13. The fraction of sp³-hybridized carbons (Fsp3) is 0.105. The number of para-hydroxylation sites is 1. The summed E-state index contributed by atoms with van der Waals surface area (Å²) in [6.07, 6.45) is 0. The zero-order valence-corrected chi connectivity index (χ0v) is 15.9. The van der Waals surface area contributed by atoms with Crippen LogP contribution in [0.1, 0.15) is 17.3 Å². The number of methoxy groups -OCH3 is 1. The van der Waals surface area contributed by atoms with Gasteiger partial charge in [0.1, 0.15) is 5.56 Å². The molecule has 6 nitrogen and oxygen atoms in total. The van der Waals surface area contributed by atoms with Gasteiger partial charge in [-0.25, -0.2) is 4.99 Å². The van der Waals surface area contributed by atoms with Gasteiger partial charge in [0, 0.05) is 17.3 Å². The van der Waals surface area contributed by atoms with E-state index >= 15 is 0 Å². The summed E-state index contributed by atoms with van der Waals surface area (Å²) in [5, 5.41) is 3.57. The first kappa shape index (κ1) is 18.9. The van der Waals surface area contributed by atoms with Crippen molar-refractivity contribution >= 4 is 51.7 Å². The number of imide groups is 1. The Hall–Kier alpha value is -2.83. The quantitative estimate of drug-likeness (QED) is 0.706. The number of nitrogens with one attached hydrogen (secondary N) is 1. The maximum absolute atomic E-state index is 12.5. The van der Waals surface area contributed by atoms with E-state index in [1.54, 1.807) is 36.4 Å². The van der Waals surface area contributed by atoms with Crippen molar-refractivity contribution in [2.75, 3.05) is 7.11 Å². The first-order valence-electron chi connectivity index (χ1n) is 7.81. The summed E-state index contributed by atoms with van der Waals surface area (Å²) in [5.74, 6) is -0.661. The number of carbonyl (C=O) groups is 2. The minimum atomic E-state index is -0.639. The Morgan fingerprint density at radius 1 is 1.15 bits per heavy atom. The van der Waals surface area contributed by atoms with Crippen LogP contribution in [-0.4, -0.2) is 18.9 Å². The predicted molar refractivity (Wildman–Crippen MR) is 103 cm³/mol. The molecule has 0 fully saturated rings. The zero-order chi connectivity index (χ0) is 19.6. The summed E-state index contributed by atoms with van der Waals surface area (Å²) < 4.78 is 11.2. The van der Waals surface area contributed by atoms with E-state index < -0.39 is 11.8 Å². The lowest BCUT2D eigenvalue weighted by atomic mass is 10.1. The molecule has 1 aromatic heterocycles. The second kappa shape index (κ2) is 7.82. The Labute approximate surface area is 164 Å². The van der Waals surface area contributed by atoms with Gasteiger partial charge in [0.2, 0.25) is 11.5 Å². The highest BCUT2D eigenvalue weighted by atomic mass is 35.5. The Morgan fingerprint density at radius 3 is 2.59 bits per heavy atom. The number of ether oxygens (including phenoxy) is 1. The van der Waals surface area contributed by atoms with E-state index in [-0.39, 0.29) is 16.1 Å². The first-order valence-corrected chi connectivity index (χ1v) is 8.57. The summed E-state index contributed by atoms with van der Waals surface area (Å²) in [5.41, 5.74) is 0.825. The Morgan fingerprint density at radius 2 is 1.93 bits per heavy atom. The molecule has 138 valence electrons. The molecule has 0 saturated heterocycles. The fourth-order valence-corrected chi connectivity index (χ4v) is 2.89. The molecule has 0 unspecified atom stereocenters. The average molecular weight is 405 g/mol. The molecule has 1 heterocycles. The summed E-state index contributed by atoms with van der Waals surface area (Å²) in [6, 6.07) is 11.5. The van der Waals surface area contributed by atoms with Crippen LogP contribution in [0.3, 0.4) is 0 Å². The number of nitrogens with zero attached hydrogens (tertiary/aromatic N) is 1. The van der Waals surface area contributed by atoms with Crippen LogP contribution in [-0.2, 0) is 4.79 Å². The molecule has 0 aliphatic heterocycles. The lowest BCUT2D eigenvalue weighted by Gasteiger charge is -2.08. The molecule has 2 aromatic carbocycles. The van der Waals surface area contributed by atoms with E-state index in [4.69, 9.17) is 32.4 Å². The molecular formula is C19H14Cl2N2O4. The van der Waals surface area contributed by atoms with E-state index in [2.05, 4.69) is 10.3 Å². The van der Waals surface area contributed by atoms with Gasteiger partial charge >= 0.3 is 0 Å². The molecule has 0 saturated carbocycles. The number of amides is 2. The zero-order valence-electron chi connectivity index (χ0n) is 14.4. The number of hydrogen-bond donors (Lipinski definition) is 1. The van der Waals surface area contributed by atoms with Gasteiger partial charge in [-0.2, -0.15) is 0 Å². The van der Waals surface area contributed by atoms with Gasteiger partial charge < -0.3 is 9.15 Å². The van der Waals surface area contributed by atoms with E-state index in [0.29, 0.717) is 27.4 Å². The standard InChI is InChI=1S/C19H14Cl2N2O4/c1-10(24)22-18(25)13-8-11-4-3-5-16(26-2)17(11)27-19(13)23-15-7-6-12(20)9-14(15)21/h3-9H,1-2H3,(H,22,24,25). The van der Waals surface area contributed by atoms with E-state index in [1.807, 2.05) is 0 Å². The molecule has 0 atom stereocenters. The van der Waals surface area contributed by atoms with Crippen molar-refractivity contribution in [3.8, 4) is 5.75 Å². The second-order valence-corrected chi connectivity index (χ2v) is 6.41. The van der Waals surface area contributed by atoms with Crippen LogP contribution in [0.25, 0.3) is 11.0 Å². The lowest BCUT2D eigenvalue weighted by Crippen LogP contribution is -2.32. The fourth-order valence-electron chi connectivity index (χ4n) is 2.44. The molecule has 0 aliphatic carbocycles. The van der Waals surface area contributed by atoms with Gasteiger partial charge in [-0.1, -0.05) is 35.3 Å². The van der Waals surface area contributed by atoms with Crippen LogP contribution in [0.5, 0.6) is 5.75 Å². The normalized spacial score (nSPS) is 11.5. The molecule has 0 bridgehead atoms. The van der Waals surface area contributed by atoms with Crippen molar-refractivity contribution in [2.24, 2.45) is 4.99 Å². The molecule has 0 aliphatic rings.